The third-order valence-electron chi connectivity index (χ3n) is 2.77. The molecular weight excluding hydrogens is 182 g/mol. The standard InChI is InChI=1S/C14H24N/c1-13(2,3)11-9-8-10-12(15(11)7)14(4,5)6/h8-10H,1-7H3/q+1. The summed E-state index contributed by atoms with van der Waals surface area (Å²) in [6.07, 6.45) is 0. The van der Waals surface area contributed by atoms with Gasteiger partial charge in [-0.1, -0.05) is 41.5 Å². The summed E-state index contributed by atoms with van der Waals surface area (Å²) in [6, 6.07) is 6.60. The van der Waals surface area contributed by atoms with Crippen molar-refractivity contribution >= 4 is 0 Å². The average molecular weight is 206 g/mol. The molecule has 0 fully saturated rings. The van der Waals surface area contributed by atoms with Crippen LogP contribution in [0.15, 0.2) is 18.2 Å². The number of pyridine rings is 1. The van der Waals surface area contributed by atoms with Crippen molar-refractivity contribution in [1.29, 1.82) is 0 Å². The Kier molecular flexibility index (Phi) is 2.95. The molecule has 0 saturated carbocycles. The molecule has 0 radical (unpaired) electrons. The maximum absolute atomic E-state index is 2.33. The van der Waals surface area contributed by atoms with Crippen LogP contribution in [0.2, 0.25) is 0 Å². The monoisotopic (exact) mass is 206 g/mol. The Hall–Kier alpha value is -0.850. The number of aromatic nitrogens is 1. The Morgan fingerprint density at radius 1 is 0.800 bits per heavy atom. The summed E-state index contributed by atoms with van der Waals surface area (Å²) in [7, 11) is 2.17. The quantitative estimate of drug-likeness (QED) is 0.574. The Morgan fingerprint density at radius 3 is 1.40 bits per heavy atom. The van der Waals surface area contributed by atoms with Gasteiger partial charge in [-0.05, 0) is 6.07 Å². The van der Waals surface area contributed by atoms with Crippen LogP contribution in [0.1, 0.15) is 52.9 Å². The molecule has 0 atom stereocenters. The highest BCUT2D eigenvalue weighted by molar-refractivity contribution is 5.14. The molecule has 84 valence electrons. The summed E-state index contributed by atoms with van der Waals surface area (Å²) in [5.41, 5.74) is 3.18. The summed E-state index contributed by atoms with van der Waals surface area (Å²) in [5.74, 6) is 0. The fraction of sp³-hybridized carbons (Fsp3) is 0.643. The van der Waals surface area contributed by atoms with E-state index in [1.807, 2.05) is 0 Å². The van der Waals surface area contributed by atoms with E-state index in [0.717, 1.165) is 0 Å². The molecule has 0 saturated heterocycles. The number of hydrogen-bond acceptors (Lipinski definition) is 0. The van der Waals surface area contributed by atoms with E-state index in [9.17, 15) is 0 Å². The van der Waals surface area contributed by atoms with Gasteiger partial charge in [0.2, 0.25) is 0 Å². The van der Waals surface area contributed by atoms with Gasteiger partial charge in [-0.3, -0.25) is 0 Å². The Morgan fingerprint density at radius 2 is 1.13 bits per heavy atom. The molecule has 1 aromatic rings. The largest absolute Gasteiger partial charge is 0.202 e. The van der Waals surface area contributed by atoms with Gasteiger partial charge >= 0.3 is 0 Å². The molecule has 0 aliphatic carbocycles. The Bertz CT molecular complexity index is 318. The van der Waals surface area contributed by atoms with Crippen LogP contribution in [-0.2, 0) is 17.9 Å². The van der Waals surface area contributed by atoms with Crippen molar-refractivity contribution < 1.29 is 4.57 Å². The smallest absolute Gasteiger partial charge is 0.186 e. The molecule has 0 unspecified atom stereocenters. The van der Waals surface area contributed by atoms with Crippen LogP contribution >= 0.6 is 0 Å². The van der Waals surface area contributed by atoms with Crippen LogP contribution in [0.5, 0.6) is 0 Å². The topological polar surface area (TPSA) is 3.88 Å². The van der Waals surface area contributed by atoms with Gasteiger partial charge in [0.1, 0.15) is 7.05 Å². The van der Waals surface area contributed by atoms with E-state index in [1.165, 1.54) is 11.4 Å². The van der Waals surface area contributed by atoms with Gasteiger partial charge in [0.25, 0.3) is 0 Å². The van der Waals surface area contributed by atoms with Gasteiger partial charge in [0.05, 0.1) is 0 Å². The second-order valence-electron chi connectivity index (χ2n) is 6.36. The molecule has 0 aliphatic rings. The van der Waals surface area contributed by atoms with Crippen LogP contribution in [0.4, 0.5) is 0 Å². The van der Waals surface area contributed by atoms with Crippen LogP contribution in [0.3, 0.4) is 0 Å². The first-order chi connectivity index (χ1) is 6.64. The highest BCUT2D eigenvalue weighted by atomic mass is 15.0. The summed E-state index contributed by atoms with van der Waals surface area (Å²) in [6.45, 7) is 13.6. The maximum atomic E-state index is 2.33. The van der Waals surface area contributed by atoms with E-state index in [1.54, 1.807) is 0 Å². The first-order valence-corrected chi connectivity index (χ1v) is 5.64. The first kappa shape index (κ1) is 12.2. The van der Waals surface area contributed by atoms with Crippen molar-refractivity contribution in [2.45, 2.75) is 52.4 Å². The predicted octanol–water partition coefficient (Wildman–Crippen LogP) is 3.11. The summed E-state index contributed by atoms with van der Waals surface area (Å²) >= 11 is 0. The van der Waals surface area contributed by atoms with Gasteiger partial charge in [-0.2, -0.15) is 0 Å². The minimum absolute atomic E-state index is 0.204. The zero-order valence-electron chi connectivity index (χ0n) is 11.2. The first-order valence-electron chi connectivity index (χ1n) is 5.64. The van der Waals surface area contributed by atoms with Crippen LogP contribution in [0.25, 0.3) is 0 Å². The molecule has 1 heterocycles. The molecule has 0 aliphatic heterocycles. The van der Waals surface area contributed by atoms with Crippen molar-refractivity contribution in [3.63, 3.8) is 0 Å². The van der Waals surface area contributed by atoms with Gasteiger partial charge in [0.15, 0.2) is 11.4 Å². The number of hydrogen-bond donors (Lipinski definition) is 0. The lowest BCUT2D eigenvalue weighted by atomic mass is 9.87. The third-order valence-corrected chi connectivity index (χ3v) is 2.77. The van der Waals surface area contributed by atoms with E-state index >= 15 is 0 Å². The van der Waals surface area contributed by atoms with Crippen molar-refractivity contribution in [2.24, 2.45) is 7.05 Å². The minimum Gasteiger partial charge on any atom is -0.202 e. The molecule has 0 amide bonds. The minimum atomic E-state index is 0.204. The third kappa shape index (κ3) is 2.58. The molecule has 1 rings (SSSR count). The highest BCUT2D eigenvalue weighted by Gasteiger charge is 2.29. The van der Waals surface area contributed by atoms with Crippen molar-refractivity contribution in [1.82, 2.24) is 0 Å². The van der Waals surface area contributed by atoms with Crippen LogP contribution in [-0.4, -0.2) is 0 Å². The van der Waals surface area contributed by atoms with E-state index < -0.39 is 0 Å². The van der Waals surface area contributed by atoms with Crippen molar-refractivity contribution in [3.8, 4) is 0 Å². The fourth-order valence-corrected chi connectivity index (χ4v) is 2.09. The van der Waals surface area contributed by atoms with Crippen LogP contribution in [0, 0.1) is 0 Å². The second-order valence-corrected chi connectivity index (χ2v) is 6.36. The second kappa shape index (κ2) is 3.62. The molecule has 15 heavy (non-hydrogen) atoms. The van der Waals surface area contributed by atoms with Gasteiger partial charge in [0, 0.05) is 23.0 Å². The van der Waals surface area contributed by atoms with E-state index in [-0.39, 0.29) is 10.8 Å². The van der Waals surface area contributed by atoms with E-state index in [4.69, 9.17) is 0 Å². The summed E-state index contributed by atoms with van der Waals surface area (Å²) in [5, 5.41) is 0. The lowest BCUT2D eigenvalue weighted by molar-refractivity contribution is -0.693. The lowest BCUT2D eigenvalue weighted by Crippen LogP contribution is -2.46. The molecule has 0 spiro atoms. The summed E-state index contributed by atoms with van der Waals surface area (Å²) in [4.78, 5) is 0. The zero-order valence-corrected chi connectivity index (χ0v) is 11.2. The molecule has 0 bridgehead atoms. The molecule has 0 aromatic carbocycles. The van der Waals surface area contributed by atoms with E-state index in [0.29, 0.717) is 0 Å². The molecule has 1 aromatic heterocycles. The summed E-state index contributed by atoms with van der Waals surface area (Å²) < 4.78 is 2.33. The predicted molar refractivity (Wildman–Crippen MR) is 65.0 cm³/mol. The van der Waals surface area contributed by atoms with Crippen molar-refractivity contribution in [2.75, 3.05) is 0 Å². The number of rotatable bonds is 0. The maximum Gasteiger partial charge on any atom is 0.186 e. The highest BCUT2D eigenvalue weighted by Crippen LogP contribution is 2.23. The molecule has 0 N–H and O–H groups in total. The average Bonchev–Trinajstić information content (AvgIpc) is 1.99. The lowest BCUT2D eigenvalue weighted by Gasteiger charge is -2.21. The number of nitrogens with zero attached hydrogens (tertiary/aromatic N) is 1. The van der Waals surface area contributed by atoms with Crippen LogP contribution < -0.4 is 4.57 Å². The molecule has 1 nitrogen and oxygen atoms in total. The van der Waals surface area contributed by atoms with Gasteiger partial charge in [-0.25, -0.2) is 4.57 Å². The Labute approximate surface area is 94.1 Å². The zero-order chi connectivity index (χ0) is 11.9. The molecule has 1 heteroatoms. The van der Waals surface area contributed by atoms with Crippen molar-refractivity contribution in [3.05, 3.63) is 29.6 Å². The fourth-order valence-electron chi connectivity index (χ4n) is 2.09. The van der Waals surface area contributed by atoms with E-state index in [2.05, 4.69) is 71.4 Å². The van der Waals surface area contributed by atoms with Gasteiger partial charge < -0.3 is 0 Å². The SMILES string of the molecule is C[n+]1c(C(C)(C)C)cccc1C(C)(C)C. The van der Waals surface area contributed by atoms with Gasteiger partial charge in [-0.15, -0.1) is 0 Å². The normalized spacial score (nSPS) is 13.0. The Balaban J connectivity index is 3.37. The molecular formula is C14H24N+.